The molecule has 0 aliphatic carbocycles. The summed E-state index contributed by atoms with van der Waals surface area (Å²) in [5.41, 5.74) is 0.290. The molecule has 0 aliphatic rings. The van der Waals surface area contributed by atoms with Gasteiger partial charge in [-0.25, -0.2) is 27.8 Å². The van der Waals surface area contributed by atoms with Gasteiger partial charge in [0.25, 0.3) is 0 Å². The number of rotatable bonds is 1. The zero-order valence-corrected chi connectivity index (χ0v) is 10.8. The molecule has 3 rings (SSSR count). The van der Waals surface area contributed by atoms with Crippen LogP contribution in [-0.4, -0.2) is 19.7 Å². The summed E-state index contributed by atoms with van der Waals surface area (Å²) >= 11 is 5.94. The molecule has 2 aromatic heterocycles. The van der Waals surface area contributed by atoms with E-state index in [2.05, 4.69) is 15.1 Å². The van der Waals surface area contributed by atoms with E-state index in [9.17, 15) is 13.2 Å². The average Bonchev–Trinajstić information content (AvgIpc) is 2.79. The van der Waals surface area contributed by atoms with Crippen LogP contribution >= 0.6 is 11.6 Å². The minimum Gasteiger partial charge on any atom is -0.221 e. The molecule has 0 atom stereocenters. The maximum atomic E-state index is 13.3. The lowest BCUT2D eigenvalue weighted by Crippen LogP contribution is -2.02. The number of hydrogen-bond donors (Lipinski definition) is 0. The Morgan fingerprint density at radius 3 is 2.40 bits per heavy atom. The monoisotopic (exact) mass is 298 g/mol. The Hall–Kier alpha value is -2.15. The molecule has 0 unspecified atom stereocenters. The van der Waals surface area contributed by atoms with Crippen molar-refractivity contribution < 1.29 is 13.2 Å². The fourth-order valence-electron chi connectivity index (χ4n) is 1.83. The molecule has 0 fully saturated rings. The van der Waals surface area contributed by atoms with Crippen LogP contribution in [0.3, 0.4) is 0 Å². The first-order valence-electron chi connectivity index (χ1n) is 5.50. The van der Waals surface area contributed by atoms with Crippen LogP contribution in [0.15, 0.2) is 18.3 Å². The third-order valence-electron chi connectivity index (χ3n) is 2.71. The van der Waals surface area contributed by atoms with E-state index < -0.39 is 17.5 Å². The zero-order chi connectivity index (χ0) is 14.4. The van der Waals surface area contributed by atoms with E-state index >= 15 is 0 Å². The lowest BCUT2D eigenvalue weighted by Gasteiger charge is -2.05. The summed E-state index contributed by atoms with van der Waals surface area (Å²) in [6.45, 7) is 1.62. The van der Waals surface area contributed by atoms with Crippen molar-refractivity contribution in [3.05, 3.63) is 46.8 Å². The molecule has 0 bridgehead atoms. The first kappa shape index (κ1) is 12.9. The van der Waals surface area contributed by atoms with Gasteiger partial charge in [0.1, 0.15) is 11.0 Å². The molecule has 102 valence electrons. The number of nitrogens with zero attached hydrogens (tertiary/aromatic N) is 4. The van der Waals surface area contributed by atoms with E-state index in [0.717, 1.165) is 12.1 Å². The van der Waals surface area contributed by atoms with Gasteiger partial charge in [0.2, 0.25) is 0 Å². The van der Waals surface area contributed by atoms with Crippen LogP contribution < -0.4 is 0 Å². The van der Waals surface area contributed by atoms with Crippen LogP contribution in [0, 0.1) is 24.4 Å². The molecular weight excluding hydrogens is 293 g/mol. The fourth-order valence-corrected chi connectivity index (χ4v) is 2.08. The first-order chi connectivity index (χ1) is 9.47. The summed E-state index contributed by atoms with van der Waals surface area (Å²) in [5, 5.41) is 4.57. The third-order valence-corrected chi connectivity index (χ3v) is 3.00. The molecule has 0 radical (unpaired) electrons. The Bertz CT molecular complexity index is 808. The Balaban J connectivity index is 2.30. The van der Waals surface area contributed by atoms with Gasteiger partial charge in [-0.05, 0) is 6.92 Å². The molecule has 0 aliphatic heterocycles. The van der Waals surface area contributed by atoms with Gasteiger partial charge in [-0.1, -0.05) is 11.6 Å². The molecule has 0 N–H and O–H groups in total. The molecule has 3 aromatic rings. The van der Waals surface area contributed by atoms with Crippen LogP contribution in [0.1, 0.15) is 5.82 Å². The van der Waals surface area contributed by atoms with Gasteiger partial charge in [-0.3, -0.25) is 0 Å². The topological polar surface area (TPSA) is 43.6 Å². The Labute approximate surface area is 115 Å². The van der Waals surface area contributed by atoms with Gasteiger partial charge < -0.3 is 0 Å². The predicted molar refractivity (Wildman–Crippen MR) is 66.3 cm³/mol. The maximum Gasteiger partial charge on any atom is 0.194 e. The number of fused-ring (bicyclic) bond motifs is 1. The predicted octanol–water partition coefficient (Wildman–Crippen LogP) is 3.19. The van der Waals surface area contributed by atoms with Crippen molar-refractivity contribution in [1.82, 2.24) is 19.7 Å². The number of aryl methyl sites for hydroxylation is 1. The van der Waals surface area contributed by atoms with E-state index in [1.807, 2.05) is 0 Å². The van der Waals surface area contributed by atoms with Crippen molar-refractivity contribution in [2.75, 3.05) is 0 Å². The Morgan fingerprint density at radius 1 is 1.10 bits per heavy atom. The molecule has 8 heteroatoms. The van der Waals surface area contributed by atoms with E-state index in [4.69, 9.17) is 11.6 Å². The molecule has 20 heavy (non-hydrogen) atoms. The quantitative estimate of drug-likeness (QED) is 0.512. The largest absolute Gasteiger partial charge is 0.221 e. The highest BCUT2D eigenvalue weighted by Gasteiger charge is 2.16. The molecule has 0 saturated heterocycles. The lowest BCUT2D eigenvalue weighted by molar-refractivity contribution is 0.446. The summed E-state index contributed by atoms with van der Waals surface area (Å²) in [6.07, 6.45) is 1.37. The average molecular weight is 299 g/mol. The zero-order valence-electron chi connectivity index (χ0n) is 10.0. The smallest absolute Gasteiger partial charge is 0.194 e. The van der Waals surface area contributed by atoms with Crippen LogP contribution in [0.25, 0.3) is 16.7 Å². The van der Waals surface area contributed by atoms with Crippen molar-refractivity contribution in [3.8, 4) is 5.69 Å². The van der Waals surface area contributed by atoms with Crippen molar-refractivity contribution >= 4 is 22.6 Å². The molecule has 0 saturated carbocycles. The van der Waals surface area contributed by atoms with Crippen LogP contribution in [0.2, 0.25) is 5.15 Å². The normalized spacial score (nSPS) is 11.2. The van der Waals surface area contributed by atoms with Gasteiger partial charge in [0, 0.05) is 12.1 Å². The van der Waals surface area contributed by atoms with E-state index in [1.54, 1.807) is 6.92 Å². The Kier molecular flexibility index (Phi) is 2.86. The van der Waals surface area contributed by atoms with Gasteiger partial charge in [0.05, 0.1) is 17.3 Å². The van der Waals surface area contributed by atoms with Crippen molar-refractivity contribution in [3.63, 3.8) is 0 Å². The van der Waals surface area contributed by atoms with Crippen LogP contribution in [-0.2, 0) is 0 Å². The molecule has 0 spiro atoms. The summed E-state index contributed by atoms with van der Waals surface area (Å²) in [4.78, 5) is 8.07. The van der Waals surface area contributed by atoms with Crippen LogP contribution in [0.4, 0.5) is 13.2 Å². The summed E-state index contributed by atoms with van der Waals surface area (Å²) in [6, 6.07) is 1.66. The summed E-state index contributed by atoms with van der Waals surface area (Å²) in [5.74, 6) is -3.76. The van der Waals surface area contributed by atoms with Crippen molar-refractivity contribution in [1.29, 1.82) is 0 Å². The van der Waals surface area contributed by atoms with Gasteiger partial charge >= 0.3 is 0 Å². The number of halogens is 4. The molecule has 4 nitrogen and oxygen atoms in total. The fraction of sp³-hybridized carbons (Fsp3) is 0.0833. The van der Waals surface area contributed by atoms with E-state index in [0.29, 0.717) is 11.2 Å². The van der Waals surface area contributed by atoms with Gasteiger partial charge in [-0.2, -0.15) is 5.10 Å². The van der Waals surface area contributed by atoms with Gasteiger partial charge in [0.15, 0.2) is 23.1 Å². The highest BCUT2D eigenvalue weighted by Crippen LogP contribution is 2.24. The van der Waals surface area contributed by atoms with Crippen molar-refractivity contribution in [2.24, 2.45) is 0 Å². The maximum absolute atomic E-state index is 13.3. The lowest BCUT2D eigenvalue weighted by atomic mass is 10.3. The summed E-state index contributed by atoms with van der Waals surface area (Å²) in [7, 11) is 0. The standard InChI is InChI=1S/C12H6ClF3N4/c1-5-18-11(13)7-4-17-20(12(7)19-5)6-2-8(14)10(16)9(15)3-6/h2-4H,1H3. The van der Waals surface area contributed by atoms with Crippen LogP contribution in [0.5, 0.6) is 0 Å². The summed E-state index contributed by atoms with van der Waals surface area (Å²) < 4.78 is 40.7. The highest BCUT2D eigenvalue weighted by molar-refractivity contribution is 6.33. The minimum absolute atomic E-state index is 0.00515. The molecule has 0 amide bonds. The second kappa shape index (κ2) is 4.45. The highest BCUT2D eigenvalue weighted by atomic mass is 35.5. The van der Waals surface area contributed by atoms with Gasteiger partial charge in [-0.15, -0.1) is 0 Å². The Morgan fingerprint density at radius 2 is 1.75 bits per heavy atom. The number of hydrogen-bond acceptors (Lipinski definition) is 3. The van der Waals surface area contributed by atoms with E-state index in [1.165, 1.54) is 10.9 Å². The van der Waals surface area contributed by atoms with E-state index in [-0.39, 0.29) is 16.5 Å². The molecule has 2 heterocycles. The number of aromatic nitrogens is 4. The molecular formula is C12H6ClF3N4. The third kappa shape index (κ3) is 1.90. The number of benzene rings is 1. The second-order valence-electron chi connectivity index (χ2n) is 4.08. The SMILES string of the molecule is Cc1nc(Cl)c2cnn(-c3cc(F)c(F)c(F)c3)c2n1. The first-order valence-corrected chi connectivity index (χ1v) is 5.88. The second-order valence-corrected chi connectivity index (χ2v) is 4.44. The van der Waals surface area contributed by atoms with Crippen molar-refractivity contribution in [2.45, 2.75) is 6.92 Å². The minimum atomic E-state index is -1.53. The molecule has 1 aromatic carbocycles.